The summed E-state index contributed by atoms with van der Waals surface area (Å²) >= 11 is 0. The molecule has 0 spiro atoms. The van der Waals surface area contributed by atoms with E-state index < -0.39 is 17.5 Å². The summed E-state index contributed by atoms with van der Waals surface area (Å²) in [5.74, 6) is -2.83. The molecule has 0 heterocycles. The molecule has 2 rings (SSSR count). The van der Waals surface area contributed by atoms with Crippen LogP contribution in [-0.2, 0) is 0 Å². The number of benzene rings is 1. The van der Waals surface area contributed by atoms with Crippen LogP contribution < -0.4 is 5.73 Å². The van der Waals surface area contributed by atoms with E-state index in [1.165, 1.54) is 0 Å². The molecule has 1 aliphatic rings. The summed E-state index contributed by atoms with van der Waals surface area (Å²) in [5.41, 5.74) is 5.66. The number of halogens is 3. The molecule has 0 amide bonds. The van der Waals surface area contributed by atoms with Gasteiger partial charge in [-0.2, -0.15) is 0 Å². The highest BCUT2D eigenvalue weighted by atomic mass is 19.2. The molecule has 2 N–H and O–H groups in total. The Morgan fingerprint density at radius 3 is 2.19 bits per heavy atom. The van der Waals surface area contributed by atoms with E-state index in [1.807, 2.05) is 13.8 Å². The van der Waals surface area contributed by atoms with Gasteiger partial charge in [0.25, 0.3) is 0 Å². The first-order valence-corrected chi connectivity index (χ1v) is 5.24. The zero-order chi connectivity index (χ0) is 12.1. The van der Waals surface area contributed by atoms with Crippen LogP contribution in [0.2, 0.25) is 0 Å². The van der Waals surface area contributed by atoms with Crippen LogP contribution in [-0.4, -0.2) is 6.54 Å². The number of hydrogen-bond acceptors (Lipinski definition) is 1. The van der Waals surface area contributed by atoms with Gasteiger partial charge >= 0.3 is 0 Å². The number of nitrogens with two attached hydrogens (primary N) is 1. The Hall–Kier alpha value is -1.03. The molecule has 0 saturated heterocycles. The van der Waals surface area contributed by atoms with Crippen molar-refractivity contribution in [3.05, 3.63) is 35.1 Å². The van der Waals surface area contributed by atoms with Gasteiger partial charge in [-0.15, -0.1) is 0 Å². The molecule has 0 unspecified atom stereocenters. The largest absolute Gasteiger partial charge is 0.330 e. The molecule has 1 saturated carbocycles. The predicted molar refractivity (Wildman–Crippen MR) is 55.4 cm³/mol. The molecule has 1 aliphatic carbocycles. The number of hydrogen-bond donors (Lipinski definition) is 1. The van der Waals surface area contributed by atoms with Crippen LogP contribution in [0.1, 0.15) is 25.3 Å². The predicted octanol–water partition coefficient (Wildman–Crippen LogP) is 2.80. The fourth-order valence-corrected chi connectivity index (χ4v) is 2.58. The fraction of sp³-hybridized carbons (Fsp3) is 0.500. The monoisotopic (exact) mass is 229 g/mol. The van der Waals surface area contributed by atoms with E-state index in [4.69, 9.17) is 5.73 Å². The summed E-state index contributed by atoms with van der Waals surface area (Å²) in [6, 6.07) is 1.55. The maximum Gasteiger partial charge on any atom is 0.161 e. The van der Waals surface area contributed by atoms with Crippen molar-refractivity contribution in [2.75, 3.05) is 6.54 Å². The van der Waals surface area contributed by atoms with Gasteiger partial charge in [0.2, 0.25) is 0 Å². The van der Waals surface area contributed by atoms with Gasteiger partial charge in [0.1, 0.15) is 5.82 Å². The summed E-state index contributed by atoms with van der Waals surface area (Å²) in [5, 5.41) is 0. The number of rotatable bonds is 2. The molecule has 1 fully saturated rings. The summed E-state index contributed by atoms with van der Waals surface area (Å²) in [6.45, 7) is 4.34. The fourth-order valence-electron chi connectivity index (χ4n) is 2.58. The van der Waals surface area contributed by atoms with E-state index in [-0.39, 0.29) is 22.8 Å². The lowest BCUT2D eigenvalue weighted by Crippen LogP contribution is -2.05. The first kappa shape index (κ1) is 11.5. The van der Waals surface area contributed by atoms with Gasteiger partial charge in [0, 0.05) is 6.07 Å². The van der Waals surface area contributed by atoms with Crippen LogP contribution in [0.25, 0.3) is 0 Å². The van der Waals surface area contributed by atoms with E-state index in [2.05, 4.69) is 0 Å². The maximum absolute atomic E-state index is 13.5. The summed E-state index contributed by atoms with van der Waals surface area (Å²) in [4.78, 5) is 0. The van der Waals surface area contributed by atoms with Gasteiger partial charge < -0.3 is 5.73 Å². The Morgan fingerprint density at radius 1 is 1.12 bits per heavy atom. The smallest absolute Gasteiger partial charge is 0.161 e. The van der Waals surface area contributed by atoms with E-state index in [1.54, 1.807) is 0 Å². The minimum Gasteiger partial charge on any atom is -0.330 e. The standard InChI is InChI=1S/C12H14F3N/c1-12(2)7(5-16)11(12)6-3-9(14)10(15)4-8(6)13/h3-4,7,11H,5,16H2,1-2H3/t7-,11-/m1/s1. The van der Waals surface area contributed by atoms with Crippen molar-refractivity contribution in [3.8, 4) is 0 Å². The third-order valence-corrected chi connectivity index (χ3v) is 3.68. The molecular formula is C12H14F3N. The Bertz CT molecular complexity index is 429. The van der Waals surface area contributed by atoms with Crippen molar-refractivity contribution in [1.29, 1.82) is 0 Å². The topological polar surface area (TPSA) is 26.0 Å². The van der Waals surface area contributed by atoms with Crippen LogP contribution in [0, 0.1) is 28.8 Å². The molecule has 0 aromatic heterocycles. The molecule has 16 heavy (non-hydrogen) atoms. The van der Waals surface area contributed by atoms with Crippen LogP contribution >= 0.6 is 0 Å². The van der Waals surface area contributed by atoms with Crippen LogP contribution in [0.5, 0.6) is 0 Å². The minimum atomic E-state index is -1.15. The summed E-state index contributed by atoms with van der Waals surface area (Å²) in [6.07, 6.45) is 0. The Kier molecular flexibility index (Phi) is 2.49. The highest BCUT2D eigenvalue weighted by molar-refractivity contribution is 5.33. The van der Waals surface area contributed by atoms with Crippen molar-refractivity contribution in [3.63, 3.8) is 0 Å². The first-order chi connectivity index (χ1) is 7.39. The third-order valence-electron chi connectivity index (χ3n) is 3.68. The third kappa shape index (κ3) is 1.52. The van der Waals surface area contributed by atoms with Gasteiger partial charge in [-0.1, -0.05) is 13.8 Å². The van der Waals surface area contributed by atoms with Gasteiger partial charge in [-0.3, -0.25) is 0 Å². The Balaban J connectivity index is 2.40. The second kappa shape index (κ2) is 3.48. The zero-order valence-corrected chi connectivity index (χ0v) is 9.23. The average Bonchev–Trinajstić information content (AvgIpc) is 2.74. The summed E-state index contributed by atoms with van der Waals surface area (Å²) in [7, 11) is 0. The van der Waals surface area contributed by atoms with E-state index in [9.17, 15) is 13.2 Å². The van der Waals surface area contributed by atoms with Gasteiger partial charge in [0.15, 0.2) is 11.6 Å². The first-order valence-electron chi connectivity index (χ1n) is 5.24. The van der Waals surface area contributed by atoms with E-state index in [0.29, 0.717) is 12.6 Å². The lowest BCUT2D eigenvalue weighted by molar-refractivity contribution is 0.486. The highest BCUT2D eigenvalue weighted by Gasteiger charge is 2.58. The van der Waals surface area contributed by atoms with Crippen molar-refractivity contribution in [2.45, 2.75) is 19.8 Å². The molecule has 1 aromatic carbocycles. The SMILES string of the molecule is CC1(C)[C@H](CN)[C@H]1c1cc(F)c(F)cc1F. The quantitative estimate of drug-likeness (QED) is 0.775. The molecule has 1 nitrogen and oxygen atoms in total. The molecule has 0 bridgehead atoms. The molecule has 2 atom stereocenters. The molecular weight excluding hydrogens is 215 g/mol. The summed E-state index contributed by atoms with van der Waals surface area (Å²) < 4.78 is 39.4. The Labute approximate surface area is 92.5 Å². The second-order valence-electron chi connectivity index (χ2n) is 4.93. The maximum atomic E-state index is 13.5. The molecule has 0 radical (unpaired) electrons. The highest BCUT2D eigenvalue weighted by Crippen LogP contribution is 2.64. The van der Waals surface area contributed by atoms with Crippen molar-refractivity contribution >= 4 is 0 Å². The molecule has 0 aliphatic heterocycles. The minimum absolute atomic E-state index is 0.118. The van der Waals surface area contributed by atoms with Crippen molar-refractivity contribution in [1.82, 2.24) is 0 Å². The molecule has 1 aromatic rings. The van der Waals surface area contributed by atoms with Crippen LogP contribution in [0.3, 0.4) is 0 Å². The van der Waals surface area contributed by atoms with Gasteiger partial charge in [-0.05, 0) is 35.4 Å². The molecule has 88 valence electrons. The average molecular weight is 229 g/mol. The van der Waals surface area contributed by atoms with Gasteiger partial charge in [0.05, 0.1) is 0 Å². The Morgan fingerprint density at radius 2 is 1.69 bits per heavy atom. The lowest BCUT2D eigenvalue weighted by atomic mass is 10.0. The lowest BCUT2D eigenvalue weighted by Gasteiger charge is -2.05. The van der Waals surface area contributed by atoms with Crippen molar-refractivity contribution in [2.24, 2.45) is 17.1 Å². The van der Waals surface area contributed by atoms with E-state index >= 15 is 0 Å². The van der Waals surface area contributed by atoms with Crippen LogP contribution in [0.4, 0.5) is 13.2 Å². The normalized spacial score (nSPS) is 26.9. The zero-order valence-electron chi connectivity index (χ0n) is 9.23. The molecule has 4 heteroatoms. The van der Waals surface area contributed by atoms with Gasteiger partial charge in [-0.25, -0.2) is 13.2 Å². The second-order valence-corrected chi connectivity index (χ2v) is 4.93. The van der Waals surface area contributed by atoms with Crippen molar-refractivity contribution < 1.29 is 13.2 Å². The van der Waals surface area contributed by atoms with E-state index in [0.717, 1.165) is 6.07 Å². The van der Waals surface area contributed by atoms with Crippen LogP contribution in [0.15, 0.2) is 12.1 Å².